The molecule has 3 rings (SSSR count). The molecule has 9 heteroatoms. The Balaban J connectivity index is 2.06. The van der Waals surface area contributed by atoms with E-state index in [0.717, 1.165) is 0 Å². The van der Waals surface area contributed by atoms with Crippen molar-refractivity contribution in [3.05, 3.63) is 23.0 Å². The van der Waals surface area contributed by atoms with Gasteiger partial charge in [0.25, 0.3) is 5.56 Å². The van der Waals surface area contributed by atoms with Gasteiger partial charge >= 0.3 is 0 Å². The molecule has 0 aliphatic carbocycles. The first-order valence-corrected chi connectivity index (χ1v) is 5.66. The fraction of sp³-hybridized carbons (Fsp3) is 0.500. The maximum atomic E-state index is 11.5. The number of aliphatic hydroxyl groups excluding tert-OH is 3. The molecule has 0 amide bonds. The highest BCUT2D eigenvalue weighted by Gasteiger charge is 2.43. The summed E-state index contributed by atoms with van der Waals surface area (Å²) >= 11 is 0. The van der Waals surface area contributed by atoms with Gasteiger partial charge in [-0.1, -0.05) is 0 Å². The number of nitrogens with zero attached hydrogens (tertiary/aromatic N) is 3. The molecule has 0 bridgehead atoms. The first kappa shape index (κ1) is 12.2. The van der Waals surface area contributed by atoms with Gasteiger partial charge < -0.3 is 25.0 Å². The fourth-order valence-electron chi connectivity index (χ4n) is 2.16. The quantitative estimate of drug-likeness (QED) is 0.482. The Bertz CT molecular complexity index is 653. The lowest BCUT2D eigenvalue weighted by molar-refractivity contribution is -0.0511. The molecular formula is C10H12N4O5. The molecule has 1 fully saturated rings. The average Bonchev–Trinajstić information content (AvgIpc) is 2.94. The summed E-state index contributed by atoms with van der Waals surface area (Å²) in [6.07, 6.45) is -1.78. The van der Waals surface area contributed by atoms with Crippen LogP contribution in [0, 0.1) is 0 Å². The van der Waals surface area contributed by atoms with Crippen molar-refractivity contribution in [3.63, 3.8) is 0 Å². The second kappa shape index (κ2) is 4.38. The van der Waals surface area contributed by atoms with E-state index in [0.29, 0.717) is 0 Å². The number of H-pyrrole nitrogens is 1. The third kappa shape index (κ3) is 1.75. The predicted octanol–water partition coefficient (Wildman–Crippen LogP) is -2.27. The van der Waals surface area contributed by atoms with Gasteiger partial charge in [0, 0.05) is 0 Å². The van der Waals surface area contributed by atoms with Gasteiger partial charge in [-0.25, -0.2) is 9.97 Å². The average molecular weight is 268 g/mol. The molecule has 0 aromatic carbocycles. The normalized spacial score (nSPS) is 31.1. The Morgan fingerprint density at radius 3 is 2.84 bits per heavy atom. The van der Waals surface area contributed by atoms with E-state index in [1.807, 2.05) is 0 Å². The summed E-state index contributed by atoms with van der Waals surface area (Å²) in [5, 5.41) is 28.6. The van der Waals surface area contributed by atoms with E-state index in [9.17, 15) is 15.0 Å². The van der Waals surface area contributed by atoms with Crippen LogP contribution < -0.4 is 5.56 Å². The second-order valence-electron chi connectivity index (χ2n) is 4.28. The Morgan fingerprint density at radius 2 is 2.16 bits per heavy atom. The van der Waals surface area contributed by atoms with Crippen LogP contribution in [0.1, 0.15) is 6.23 Å². The second-order valence-corrected chi connectivity index (χ2v) is 4.28. The zero-order chi connectivity index (χ0) is 13.6. The molecular weight excluding hydrogens is 256 g/mol. The molecule has 1 aliphatic heterocycles. The summed E-state index contributed by atoms with van der Waals surface area (Å²) in [6.45, 7) is -0.421. The van der Waals surface area contributed by atoms with Crippen LogP contribution in [0.15, 0.2) is 17.4 Å². The minimum atomic E-state index is -1.24. The van der Waals surface area contributed by atoms with E-state index in [2.05, 4.69) is 15.0 Å². The van der Waals surface area contributed by atoms with Gasteiger partial charge in [-0.15, -0.1) is 0 Å². The highest BCUT2D eigenvalue weighted by atomic mass is 16.6. The van der Waals surface area contributed by atoms with E-state index in [1.165, 1.54) is 17.2 Å². The molecule has 2 aromatic heterocycles. The van der Waals surface area contributed by atoms with Crippen LogP contribution in [0.25, 0.3) is 11.2 Å². The molecule has 102 valence electrons. The zero-order valence-electron chi connectivity index (χ0n) is 9.67. The SMILES string of the molecule is O=c1[nH]cnc2c1ncn2[C@H]1O[C@@H](CO)C(O)C1O. The summed E-state index contributed by atoms with van der Waals surface area (Å²) in [4.78, 5) is 21.8. The Kier molecular flexibility index (Phi) is 2.82. The third-order valence-corrected chi connectivity index (χ3v) is 3.16. The molecule has 1 saturated heterocycles. The molecule has 4 atom stereocenters. The molecule has 4 N–H and O–H groups in total. The summed E-state index contributed by atoms with van der Waals surface area (Å²) in [6, 6.07) is 0. The van der Waals surface area contributed by atoms with Crippen LogP contribution in [-0.4, -0.2) is 59.8 Å². The molecule has 3 heterocycles. The lowest BCUT2D eigenvalue weighted by Gasteiger charge is -2.16. The van der Waals surface area contributed by atoms with Crippen LogP contribution in [0.2, 0.25) is 0 Å². The van der Waals surface area contributed by atoms with Crippen molar-refractivity contribution < 1.29 is 20.1 Å². The van der Waals surface area contributed by atoms with Gasteiger partial charge in [0.1, 0.15) is 18.3 Å². The zero-order valence-corrected chi connectivity index (χ0v) is 9.67. The number of ether oxygens (including phenoxy) is 1. The van der Waals surface area contributed by atoms with Crippen molar-refractivity contribution in [2.75, 3.05) is 6.61 Å². The molecule has 2 unspecified atom stereocenters. The summed E-state index contributed by atoms with van der Waals surface area (Å²) in [5.41, 5.74) is -0.0608. The van der Waals surface area contributed by atoms with Gasteiger partial charge in [-0.05, 0) is 0 Å². The van der Waals surface area contributed by atoms with Crippen LogP contribution in [0.3, 0.4) is 0 Å². The van der Waals surface area contributed by atoms with Crippen molar-refractivity contribution in [3.8, 4) is 0 Å². The molecule has 0 radical (unpaired) electrons. The van der Waals surface area contributed by atoms with Gasteiger partial charge in [-0.3, -0.25) is 9.36 Å². The van der Waals surface area contributed by atoms with Gasteiger partial charge in [0.2, 0.25) is 0 Å². The fourth-order valence-corrected chi connectivity index (χ4v) is 2.16. The van der Waals surface area contributed by atoms with Crippen molar-refractivity contribution in [1.82, 2.24) is 19.5 Å². The lowest BCUT2D eigenvalue weighted by atomic mass is 10.1. The highest BCUT2D eigenvalue weighted by molar-refractivity contribution is 5.68. The lowest BCUT2D eigenvalue weighted by Crippen LogP contribution is -2.33. The predicted molar refractivity (Wildman–Crippen MR) is 61.2 cm³/mol. The largest absolute Gasteiger partial charge is 0.394 e. The Hall–Kier alpha value is -1.81. The first-order valence-electron chi connectivity index (χ1n) is 5.66. The van der Waals surface area contributed by atoms with E-state index in [-0.39, 0.29) is 11.2 Å². The van der Waals surface area contributed by atoms with Crippen LogP contribution in [0.4, 0.5) is 0 Å². The summed E-state index contributed by atoms with van der Waals surface area (Å²) in [5.74, 6) is 0. The van der Waals surface area contributed by atoms with E-state index in [1.54, 1.807) is 0 Å². The number of hydrogen-bond donors (Lipinski definition) is 4. The number of aromatic amines is 1. The minimum absolute atomic E-state index is 0.111. The van der Waals surface area contributed by atoms with Crippen molar-refractivity contribution in [2.45, 2.75) is 24.5 Å². The number of imidazole rings is 1. The van der Waals surface area contributed by atoms with Crippen LogP contribution in [0.5, 0.6) is 0 Å². The van der Waals surface area contributed by atoms with Crippen molar-refractivity contribution in [2.24, 2.45) is 0 Å². The molecule has 1 aliphatic rings. The topological polar surface area (TPSA) is 133 Å². The minimum Gasteiger partial charge on any atom is -0.394 e. The van der Waals surface area contributed by atoms with Gasteiger partial charge in [-0.2, -0.15) is 0 Å². The monoisotopic (exact) mass is 268 g/mol. The van der Waals surface area contributed by atoms with Gasteiger partial charge in [0.05, 0.1) is 19.3 Å². The van der Waals surface area contributed by atoms with Crippen LogP contribution in [-0.2, 0) is 4.74 Å². The van der Waals surface area contributed by atoms with E-state index in [4.69, 9.17) is 9.84 Å². The number of aromatic nitrogens is 4. The van der Waals surface area contributed by atoms with Crippen molar-refractivity contribution >= 4 is 11.2 Å². The number of rotatable bonds is 2. The Labute approximate surface area is 106 Å². The first-order chi connectivity index (χ1) is 9.13. The molecule has 0 saturated carbocycles. The number of hydrogen-bond acceptors (Lipinski definition) is 7. The number of fused-ring (bicyclic) bond motifs is 1. The highest BCUT2D eigenvalue weighted by Crippen LogP contribution is 2.30. The summed E-state index contributed by atoms with van der Waals surface area (Å²) in [7, 11) is 0. The van der Waals surface area contributed by atoms with E-state index >= 15 is 0 Å². The molecule has 0 spiro atoms. The number of nitrogens with one attached hydrogen (secondary N) is 1. The third-order valence-electron chi connectivity index (χ3n) is 3.16. The van der Waals surface area contributed by atoms with E-state index < -0.39 is 36.7 Å². The summed E-state index contributed by atoms with van der Waals surface area (Å²) < 4.78 is 6.70. The smallest absolute Gasteiger partial charge is 0.278 e. The molecule has 9 nitrogen and oxygen atoms in total. The molecule has 19 heavy (non-hydrogen) atoms. The Morgan fingerprint density at radius 1 is 1.37 bits per heavy atom. The number of aliphatic hydroxyl groups is 3. The van der Waals surface area contributed by atoms with Crippen molar-refractivity contribution in [1.29, 1.82) is 0 Å². The molecule has 2 aromatic rings. The van der Waals surface area contributed by atoms with Gasteiger partial charge in [0.15, 0.2) is 17.4 Å². The maximum Gasteiger partial charge on any atom is 0.278 e. The van der Waals surface area contributed by atoms with Crippen LogP contribution >= 0.6 is 0 Å². The standard InChI is InChI=1S/C10H12N4O5/c15-1-4-6(16)7(17)10(19-4)14-3-13-5-8(14)11-2-12-9(5)18/h2-4,6-7,10,15-17H,1H2,(H,11,12,18)/t4-,6?,7?,10-/m0/s1. The maximum absolute atomic E-state index is 11.5.